The third-order valence-corrected chi connectivity index (χ3v) is 4.37. The fourth-order valence-electron chi connectivity index (χ4n) is 2.77. The normalized spacial score (nSPS) is 22.4. The molecule has 1 aliphatic rings. The van der Waals surface area contributed by atoms with Crippen molar-refractivity contribution in [3.63, 3.8) is 0 Å². The standard InChI is InChI=1S/C17H32N2O2/c1-7-8-9-10-11-12-19-14(20)13(16(2,3)4)18-15(21)17(19,5)6/h13H,7-12H2,1-6H3,(H,18,21). The molecular formula is C17H32N2O2. The summed E-state index contributed by atoms with van der Waals surface area (Å²) < 4.78 is 0. The highest BCUT2D eigenvalue weighted by Crippen LogP contribution is 2.29. The van der Waals surface area contributed by atoms with Crippen LogP contribution in [0, 0.1) is 5.41 Å². The lowest BCUT2D eigenvalue weighted by molar-refractivity contribution is -0.158. The summed E-state index contributed by atoms with van der Waals surface area (Å²) in [5.41, 5.74) is -1.01. The van der Waals surface area contributed by atoms with Crippen LogP contribution < -0.4 is 5.32 Å². The number of nitrogens with zero attached hydrogens (tertiary/aromatic N) is 1. The monoisotopic (exact) mass is 296 g/mol. The van der Waals surface area contributed by atoms with Gasteiger partial charge in [0.15, 0.2) is 0 Å². The number of carbonyl (C=O) groups is 2. The fraction of sp³-hybridized carbons (Fsp3) is 0.882. The van der Waals surface area contributed by atoms with Crippen molar-refractivity contribution >= 4 is 11.8 Å². The second-order valence-corrected chi connectivity index (χ2v) is 7.74. The van der Waals surface area contributed by atoms with Gasteiger partial charge in [-0.05, 0) is 25.7 Å². The van der Waals surface area contributed by atoms with Crippen molar-refractivity contribution in [1.29, 1.82) is 0 Å². The molecule has 0 saturated carbocycles. The van der Waals surface area contributed by atoms with Crippen molar-refractivity contribution in [3.05, 3.63) is 0 Å². The molecule has 1 fully saturated rings. The van der Waals surface area contributed by atoms with Gasteiger partial charge in [0.1, 0.15) is 11.6 Å². The molecule has 0 aromatic carbocycles. The molecule has 0 aromatic rings. The zero-order valence-electron chi connectivity index (χ0n) is 14.6. The summed E-state index contributed by atoms with van der Waals surface area (Å²) in [5, 5.41) is 2.91. The quantitative estimate of drug-likeness (QED) is 0.766. The van der Waals surface area contributed by atoms with Crippen molar-refractivity contribution in [2.45, 2.75) is 85.2 Å². The Kier molecular flexibility index (Phi) is 5.83. The number of amides is 2. The molecule has 1 heterocycles. The van der Waals surface area contributed by atoms with Gasteiger partial charge in [0.25, 0.3) is 0 Å². The lowest BCUT2D eigenvalue weighted by atomic mass is 9.81. The van der Waals surface area contributed by atoms with Gasteiger partial charge in [0.05, 0.1) is 0 Å². The molecule has 1 rings (SSSR count). The van der Waals surface area contributed by atoms with E-state index in [0.717, 1.165) is 12.8 Å². The Morgan fingerprint density at radius 3 is 2.19 bits per heavy atom. The summed E-state index contributed by atoms with van der Waals surface area (Å²) in [5.74, 6) is 0.0122. The van der Waals surface area contributed by atoms with Gasteiger partial charge >= 0.3 is 0 Å². The fourth-order valence-corrected chi connectivity index (χ4v) is 2.77. The molecule has 21 heavy (non-hydrogen) atoms. The van der Waals surface area contributed by atoms with Gasteiger partial charge in [-0.15, -0.1) is 0 Å². The van der Waals surface area contributed by atoms with Gasteiger partial charge in [-0.25, -0.2) is 0 Å². The number of hydrogen-bond donors (Lipinski definition) is 1. The lowest BCUT2D eigenvalue weighted by Crippen LogP contribution is -2.70. The van der Waals surface area contributed by atoms with Gasteiger partial charge in [-0.1, -0.05) is 53.4 Å². The first-order valence-corrected chi connectivity index (χ1v) is 8.24. The summed E-state index contributed by atoms with van der Waals surface area (Å²) in [6, 6.07) is -0.423. The number of rotatable bonds is 6. The highest BCUT2D eigenvalue weighted by Gasteiger charge is 2.49. The van der Waals surface area contributed by atoms with Crippen LogP contribution >= 0.6 is 0 Å². The molecule has 4 nitrogen and oxygen atoms in total. The highest BCUT2D eigenvalue weighted by atomic mass is 16.2. The van der Waals surface area contributed by atoms with Crippen molar-refractivity contribution in [3.8, 4) is 0 Å². The Balaban J connectivity index is 2.76. The molecule has 1 atom stereocenters. The van der Waals surface area contributed by atoms with Crippen LogP contribution in [0.1, 0.15) is 73.6 Å². The second-order valence-electron chi connectivity index (χ2n) is 7.74. The van der Waals surface area contributed by atoms with E-state index in [4.69, 9.17) is 0 Å². The molecule has 122 valence electrons. The van der Waals surface area contributed by atoms with E-state index in [2.05, 4.69) is 12.2 Å². The highest BCUT2D eigenvalue weighted by molar-refractivity contribution is 5.99. The van der Waals surface area contributed by atoms with Crippen LogP contribution in [0.4, 0.5) is 0 Å². The summed E-state index contributed by atoms with van der Waals surface area (Å²) >= 11 is 0. The summed E-state index contributed by atoms with van der Waals surface area (Å²) in [4.78, 5) is 26.9. The Morgan fingerprint density at radius 1 is 1.10 bits per heavy atom. The van der Waals surface area contributed by atoms with Crippen LogP contribution in [0.25, 0.3) is 0 Å². The van der Waals surface area contributed by atoms with E-state index < -0.39 is 11.6 Å². The van der Waals surface area contributed by atoms with E-state index in [0.29, 0.717) is 6.54 Å². The molecule has 0 aliphatic carbocycles. The molecule has 1 unspecified atom stereocenters. The maximum Gasteiger partial charge on any atom is 0.246 e. The van der Waals surface area contributed by atoms with Crippen LogP contribution in [-0.4, -0.2) is 34.8 Å². The molecule has 2 amide bonds. The van der Waals surface area contributed by atoms with Crippen molar-refractivity contribution in [1.82, 2.24) is 10.2 Å². The van der Waals surface area contributed by atoms with E-state index in [1.165, 1.54) is 19.3 Å². The topological polar surface area (TPSA) is 49.4 Å². The van der Waals surface area contributed by atoms with Crippen molar-refractivity contribution in [2.75, 3.05) is 6.54 Å². The molecule has 1 N–H and O–H groups in total. The minimum Gasteiger partial charge on any atom is -0.342 e. The molecule has 4 heteroatoms. The largest absolute Gasteiger partial charge is 0.342 e. The van der Waals surface area contributed by atoms with Crippen LogP contribution in [0.15, 0.2) is 0 Å². The van der Waals surface area contributed by atoms with Crippen LogP contribution in [0.5, 0.6) is 0 Å². The molecule has 0 aromatic heterocycles. The zero-order chi connectivity index (χ0) is 16.3. The van der Waals surface area contributed by atoms with Gasteiger partial charge in [0.2, 0.25) is 11.8 Å². The van der Waals surface area contributed by atoms with Gasteiger partial charge in [-0.3, -0.25) is 9.59 Å². The summed E-state index contributed by atoms with van der Waals surface area (Å²) in [7, 11) is 0. The Morgan fingerprint density at radius 2 is 1.67 bits per heavy atom. The van der Waals surface area contributed by atoms with Gasteiger partial charge in [0, 0.05) is 6.54 Å². The minimum absolute atomic E-state index is 0.0458. The first-order chi connectivity index (χ1) is 9.62. The van der Waals surface area contributed by atoms with Gasteiger partial charge in [-0.2, -0.15) is 0 Å². The lowest BCUT2D eigenvalue weighted by Gasteiger charge is -2.47. The second kappa shape index (κ2) is 6.80. The smallest absolute Gasteiger partial charge is 0.246 e. The zero-order valence-corrected chi connectivity index (χ0v) is 14.6. The molecule has 0 bridgehead atoms. The van der Waals surface area contributed by atoms with Crippen molar-refractivity contribution in [2.24, 2.45) is 5.41 Å². The van der Waals surface area contributed by atoms with E-state index >= 15 is 0 Å². The predicted molar refractivity (Wildman–Crippen MR) is 85.9 cm³/mol. The predicted octanol–water partition coefficient (Wildman–Crippen LogP) is 3.11. The van der Waals surface area contributed by atoms with E-state index in [1.807, 2.05) is 34.6 Å². The van der Waals surface area contributed by atoms with E-state index in [1.54, 1.807) is 4.90 Å². The minimum atomic E-state index is -0.746. The number of carbonyl (C=O) groups excluding carboxylic acids is 2. The van der Waals surface area contributed by atoms with Crippen LogP contribution in [0.2, 0.25) is 0 Å². The molecule has 1 aliphatic heterocycles. The first-order valence-electron chi connectivity index (χ1n) is 8.24. The summed E-state index contributed by atoms with van der Waals surface area (Å²) in [6.45, 7) is 12.5. The third-order valence-electron chi connectivity index (χ3n) is 4.37. The van der Waals surface area contributed by atoms with E-state index in [-0.39, 0.29) is 17.2 Å². The van der Waals surface area contributed by atoms with E-state index in [9.17, 15) is 9.59 Å². The number of piperazine rings is 1. The Labute approximate surface area is 129 Å². The maximum absolute atomic E-state index is 12.8. The molecule has 1 saturated heterocycles. The molecule has 0 spiro atoms. The number of hydrogen-bond acceptors (Lipinski definition) is 2. The average molecular weight is 296 g/mol. The molecular weight excluding hydrogens is 264 g/mol. The molecule has 0 radical (unpaired) electrons. The van der Waals surface area contributed by atoms with Crippen LogP contribution in [-0.2, 0) is 9.59 Å². The Bertz CT molecular complexity index is 383. The maximum atomic E-state index is 12.8. The van der Waals surface area contributed by atoms with Gasteiger partial charge < -0.3 is 10.2 Å². The Hall–Kier alpha value is -1.06. The first kappa shape index (κ1) is 18.0. The number of nitrogens with one attached hydrogen (secondary N) is 1. The van der Waals surface area contributed by atoms with Crippen LogP contribution in [0.3, 0.4) is 0 Å². The SMILES string of the molecule is CCCCCCCN1C(=O)C(C(C)(C)C)NC(=O)C1(C)C. The average Bonchev–Trinajstić information content (AvgIpc) is 2.36. The number of unbranched alkanes of at least 4 members (excludes halogenated alkanes) is 4. The summed E-state index contributed by atoms with van der Waals surface area (Å²) in [6.07, 6.45) is 5.74. The third kappa shape index (κ3) is 4.21. The van der Waals surface area contributed by atoms with Crippen molar-refractivity contribution < 1.29 is 9.59 Å².